The Labute approximate surface area is 144 Å². The fraction of sp³-hybridized carbons (Fsp3) is 0.933. The number of rotatable bonds is 15. The molecule has 0 heterocycles. The minimum Gasteiger partial charge on any atom is -0.395 e. The van der Waals surface area contributed by atoms with Crippen molar-refractivity contribution in [3.63, 3.8) is 0 Å². The standard InChI is InChI=1S/C15H32N2O6S/c1-2-3-4-5-6-7-14(19)16-10-8-15(20,17-11-12-18)9-13-24(21,22)23/h17-18,20H,2-13H2,1H3,(H,16,19)(H,21,22,23). The summed E-state index contributed by atoms with van der Waals surface area (Å²) >= 11 is 0. The molecule has 9 heteroatoms. The minimum atomic E-state index is -4.19. The summed E-state index contributed by atoms with van der Waals surface area (Å²) in [7, 11) is -4.19. The van der Waals surface area contributed by atoms with Crippen LogP contribution >= 0.6 is 0 Å². The van der Waals surface area contributed by atoms with Crippen molar-refractivity contribution in [3.05, 3.63) is 0 Å². The van der Waals surface area contributed by atoms with Gasteiger partial charge in [-0.2, -0.15) is 8.42 Å². The van der Waals surface area contributed by atoms with Gasteiger partial charge in [0.25, 0.3) is 10.1 Å². The Kier molecular flexibility index (Phi) is 12.2. The zero-order valence-electron chi connectivity index (χ0n) is 14.5. The lowest BCUT2D eigenvalue weighted by Gasteiger charge is -2.29. The van der Waals surface area contributed by atoms with Gasteiger partial charge in [-0.25, -0.2) is 0 Å². The van der Waals surface area contributed by atoms with Crippen LogP contribution in [0.2, 0.25) is 0 Å². The van der Waals surface area contributed by atoms with Gasteiger partial charge in [0.1, 0.15) is 5.72 Å². The van der Waals surface area contributed by atoms with E-state index in [1.165, 1.54) is 6.42 Å². The van der Waals surface area contributed by atoms with Gasteiger partial charge in [0, 0.05) is 32.4 Å². The van der Waals surface area contributed by atoms with E-state index in [2.05, 4.69) is 17.6 Å². The van der Waals surface area contributed by atoms with Crippen molar-refractivity contribution in [2.45, 2.75) is 64.0 Å². The Morgan fingerprint density at radius 1 is 1.08 bits per heavy atom. The van der Waals surface area contributed by atoms with Gasteiger partial charge in [0.2, 0.25) is 5.91 Å². The molecule has 0 saturated carbocycles. The van der Waals surface area contributed by atoms with Gasteiger partial charge >= 0.3 is 0 Å². The Balaban J connectivity index is 4.14. The molecule has 0 aliphatic rings. The molecule has 1 unspecified atom stereocenters. The van der Waals surface area contributed by atoms with Crippen LogP contribution in [0.3, 0.4) is 0 Å². The first-order valence-electron chi connectivity index (χ1n) is 8.52. The van der Waals surface area contributed by atoms with Crippen LogP contribution in [0.5, 0.6) is 0 Å². The Bertz CT molecular complexity index is 443. The van der Waals surface area contributed by atoms with Crippen LogP contribution < -0.4 is 10.6 Å². The van der Waals surface area contributed by atoms with Crippen molar-refractivity contribution in [2.75, 3.05) is 25.4 Å². The zero-order valence-corrected chi connectivity index (χ0v) is 15.3. The second-order valence-corrected chi connectivity index (χ2v) is 7.55. The molecule has 24 heavy (non-hydrogen) atoms. The number of hydrogen-bond donors (Lipinski definition) is 5. The summed E-state index contributed by atoms with van der Waals surface area (Å²) in [5.74, 6) is -0.710. The fourth-order valence-electron chi connectivity index (χ4n) is 2.27. The van der Waals surface area contributed by atoms with Gasteiger partial charge in [-0.3, -0.25) is 14.7 Å². The van der Waals surface area contributed by atoms with E-state index in [1.54, 1.807) is 0 Å². The SMILES string of the molecule is CCCCCCCC(=O)NCCC(O)(CCS(=O)(=O)O)NCCO. The Hall–Kier alpha value is -0.740. The lowest BCUT2D eigenvalue weighted by Crippen LogP contribution is -2.49. The molecule has 0 aromatic rings. The van der Waals surface area contributed by atoms with E-state index in [1.807, 2.05) is 0 Å². The van der Waals surface area contributed by atoms with Gasteiger partial charge in [-0.15, -0.1) is 0 Å². The van der Waals surface area contributed by atoms with Crippen molar-refractivity contribution in [3.8, 4) is 0 Å². The van der Waals surface area contributed by atoms with E-state index in [9.17, 15) is 18.3 Å². The molecule has 0 fully saturated rings. The maximum atomic E-state index is 11.7. The highest BCUT2D eigenvalue weighted by Crippen LogP contribution is 2.12. The van der Waals surface area contributed by atoms with E-state index in [0.717, 1.165) is 25.7 Å². The van der Waals surface area contributed by atoms with Gasteiger partial charge in [0.15, 0.2) is 0 Å². The van der Waals surface area contributed by atoms with Crippen LogP contribution in [0, 0.1) is 0 Å². The average molecular weight is 368 g/mol. The summed E-state index contributed by atoms with van der Waals surface area (Å²) in [6.07, 6.45) is 5.53. The van der Waals surface area contributed by atoms with E-state index >= 15 is 0 Å². The molecule has 0 bridgehead atoms. The maximum Gasteiger partial charge on any atom is 0.265 e. The van der Waals surface area contributed by atoms with Gasteiger partial charge < -0.3 is 15.5 Å². The summed E-state index contributed by atoms with van der Waals surface area (Å²) in [5, 5.41) is 24.5. The first kappa shape index (κ1) is 23.3. The van der Waals surface area contributed by atoms with E-state index < -0.39 is 21.6 Å². The Morgan fingerprint density at radius 3 is 2.33 bits per heavy atom. The van der Waals surface area contributed by atoms with Crippen molar-refractivity contribution in [1.82, 2.24) is 10.6 Å². The van der Waals surface area contributed by atoms with E-state index in [4.69, 9.17) is 9.66 Å². The largest absolute Gasteiger partial charge is 0.395 e. The molecular formula is C15H32N2O6S. The van der Waals surface area contributed by atoms with Gasteiger partial charge in [-0.1, -0.05) is 32.6 Å². The molecule has 0 rings (SSSR count). The number of unbranched alkanes of at least 4 members (excludes halogenated alkanes) is 4. The molecule has 0 saturated heterocycles. The van der Waals surface area contributed by atoms with E-state index in [0.29, 0.717) is 6.42 Å². The first-order chi connectivity index (χ1) is 11.2. The van der Waals surface area contributed by atoms with E-state index in [-0.39, 0.29) is 38.4 Å². The molecule has 0 aromatic carbocycles. The molecule has 0 spiro atoms. The normalized spacial score (nSPS) is 14.3. The molecule has 0 aliphatic carbocycles. The average Bonchev–Trinajstić information content (AvgIpc) is 2.50. The molecule has 0 radical (unpaired) electrons. The third-order valence-electron chi connectivity index (χ3n) is 3.71. The molecule has 1 amide bonds. The molecule has 0 aliphatic heterocycles. The highest BCUT2D eigenvalue weighted by atomic mass is 32.2. The molecule has 5 N–H and O–H groups in total. The van der Waals surface area contributed by atoms with Crippen LogP contribution in [-0.4, -0.2) is 60.3 Å². The number of aliphatic hydroxyl groups is 2. The second kappa shape index (κ2) is 12.6. The summed E-state index contributed by atoms with van der Waals surface area (Å²) in [5.41, 5.74) is -1.58. The summed E-state index contributed by atoms with van der Waals surface area (Å²) in [6, 6.07) is 0. The number of carbonyl (C=O) groups is 1. The minimum absolute atomic E-state index is 0.0735. The third-order valence-corrected chi connectivity index (χ3v) is 4.43. The lowest BCUT2D eigenvalue weighted by molar-refractivity contribution is -0.121. The summed E-state index contributed by atoms with van der Waals surface area (Å²) in [4.78, 5) is 11.7. The topological polar surface area (TPSA) is 136 Å². The predicted octanol–water partition coefficient (Wildman–Crippen LogP) is 0.402. The number of amides is 1. The van der Waals surface area contributed by atoms with Crippen molar-refractivity contribution in [2.24, 2.45) is 0 Å². The van der Waals surface area contributed by atoms with Crippen LogP contribution in [0.25, 0.3) is 0 Å². The first-order valence-corrected chi connectivity index (χ1v) is 10.1. The number of nitrogens with one attached hydrogen (secondary N) is 2. The lowest BCUT2D eigenvalue weighted by atomic mass is 10.1. The zero-order chi connectivity index (χ0) is 18.5. The van der Waals surface area contributed by atoms with Crippen LogP contribution in [0.15, 0.2) is 0 Å². The molecule has 144 valence electrons. The van der Waals surface area contributed by atoms with Crippen LogP contribution in [0.1, 0.15) is 58.3 Å². The predicted molar refractivity (Wildman–Crippen MR) is 92.1 cm³/mol. The third kappa shape index (κ3) is 13.7. The molecule has 1 atom stereocenters. The van der Waals surface area contributed by atoms with Crippen LogP contribution in [0.4, 0.5) is 0 Å². The van der Waals surface area contributed by atoms with Crippen LogP contribution in [-0.2, 0) is 14.9 Å². The number of aliphatic hydroxyl groups excluding tert-OH is 1. The van der Waals surface area contributed by atoms with Crippen molar-refractivity contribution < 1.29 is 28.0 Å². The quantitative estimate of drug-likeness (QED) is 0.160. The maximum absolute atomic E-state index is 11.7. The molecule has 0 aromatic heterocycles. The van der Waals surface area contributed by atoms with Crippen molar-refractivity contribution in [1.29, 1.82) is 0 Å². The van der Waals surface area contributed by atoms with Gasteiger partial charge in [-0.05, 0) is 6.42 Å². The number of hydrogen-bond acceptors (Lipinski definition) is 6. The van der Waals surface area contributed by atoms with Crippen molar-refractivity contribution >= 4 is 16.0 Å². The monoisotopic (exact) mass is 368 g/mol. The summed E-state index contributed by atoms with van der Waals surface area (Å²) in [6.45, 7) is 2.15. The molecular weight excluding hydrogens is 336 g/mol. The Morgan fingerprint density at radius 2 is 1.75 bits per heavy atom. The smallest absolute Gasteiger partial charge is 0.265 e. The fourth-order valence-corrected chi connectivity index (χ4v) is 2.87. The van der Waals surface area contributed by atoms with Gasteiger partial charge in [0.05, 0.1) is 12.4 Å². The highest BCUT2D eigenvalue weighted by Gasteiger charge is 2.27. The molecule has 8 nitrogen and oxygen atoms in total. The summed E-state index contributed by atoms with van der Waals surface area (Å²) < 4.78 is 30.4. The number of carbonyl (C=O) groups excluding carboxylic acids is 1. The second-order valence-electron chi connectivity index (χ2n) is 5.98. The highest BCUT2D eigenvalue weighted by molar-refractivity contribution is 7.85.